The molecule has 0 bridgehead atoms. The number of hydrogen-bond acceptors (Lipinski definition) is 4. The van der Waals surface area contributed by atoms with E-state index in [2.05, 4.69) is 10.9 Å². The molecular weight excluding hydrogens is 383 g/mol. The average molecular weight is 413 g/mol. The van der Waals surface area contributed by atoms with Crippen LogP contribution in [0.25, 0.3) is 0 Å². The molecule has 7 heteroatoms. The minimum atomic E-state index is -0.503. The van der Waals surface area contributed by atoms with Crippen molar-refractivity contribution >= 4 is 11.8 Å². The van der Waals surface area contributed by atoms with Crippen molar-refractivity contribution in [1.82, 2.24) is 15.8 Å². The van der Waals surface area contributed by atoms with Gasteiger partial charge in [-0.2, -0.15) is 0 Å². The summed E-state index contributed by atoms with van der Waals surface area (Å²) in [5.41, 5.74) is 13.7. The minimum absolute atomic E-state index is 0.0642. The molecule has 1 aliphatic rings. The number of carbonyl (C=O) groups is 2. The van der Waals surface area contributed by atoms with Crippen molar-refractivity contribution < 1.29 is 14.0 Å². The van der Waals surface area contributed by atoms with Crippen LogP contribution in [0.3, 0.4) is 0 Å². The fraction of sp³-hybridized carbons (Fsp3) is 0.391. The molecule has 2 amide bonds. The lowest BCUT2D eigenvalue weighted by atomic mass is 9.99. The van der Waals surface area contributed by atoms with Crippen LogP contribution in [0.5, 0.6) is 0 Å². The maximum atomic E-state index is 13.4. The molecule has 2 aromatic carbocycles. The highest BCUT2D eigenvalue weighted by atomic mass is 19.1. The summed E-state index contributed by atoms with van der Waals surface area (Å²) in [6.45, 7) is 0.679. The van der Waals surface area contributed by atoms with Crippen LogP contribution >= 0.6 is 0 Å². The summed E-state index contributed by atoms with van der Waals surface area (Å²) < 4.78 is 13.4. The fourth-order valence-corrected chi connectivity index (χ4v) is 3.77. The second-order valence-corrected chi connectivity index (χ2v) is 7.85. The summed E-state index contributed by atoms with van der Waals surface area (Å²) in [6, 6.07) is 13.6. The van der Waals surface area contributed by atoms with Crippen molar-refractivity contribution in [1.29, 1.82) is 0 Å². The summed E-state index contributed by atoms with van der Waals surface area (Å²) in [5, 5.41) is 0. The third-order valence-electron chi connectivity index (χ3n) is 5.54. The molecule has 0 saturated carbocycles. The zero-order valence-electron chi connectivity index (χ0n) is 17.2. The highest BCUT2D eigenvalue weighted by molar-refractivity contribution is 5.97. The van der Waals surface area contributed by atoms with E-state index in [1.807, 2.05) is 6.07 Å². The number of carbonyl (C=O) groups excluding carboxylic acids is 2. The molecule has 1 heterocycles. The molecule has 2 unspecified atom stereocenters. The number of amides is 2. The van der Waals surface area contributed by atoms with E-state index in [9.17, 15) is 14.0 Å². The van der Waals surface area contributed by atoms with Crippen molar-refractivity contribution in [2.24, 2.45) is 5.73 Å². The van der Waals surface area contributed by atoms with Crippen LogP contribution < -0.4 is 16.6 Å². The summed E-state index contributed by atoms with van der Waals surface area (Å²) in [6.07, 6.45) is 4.98. The number of unbranched alkanes of at least 4 members (excludes halogenated alkanes) is 2. The molecule has 160 valence electrons. The zero-order chi connectivity index (χ0) is 21.5. The highest BCUT2D eigenvalue weighted by Gasteiger charge is 2.24. The molecule has 0 aromatic heterocycles. The van der Waals surface area contributed by atoms with Gasteiger partial charge in [0.2, 0.25) is 5.91 Å². The molecule has 2 atom stereocenters. The predicted molar refractivity (Wildman–Crippen MR) is 114 cm³/mol. The second-order valence-electron chi connectivity index (χ2n) is 7.85. The Morgan fingerprint density at radius 3 is 2.50 bits per heavy atom. The standard InChI is InChI=1S/C23H29FN4O2/c1-28(23(30)17-11-9-16(10-12-17)22(25)29)13-4-2-3-8-20-15-21(27-26-20)18-6-5-7-19(24)14-18/h5-7,9-12,14,20-21,26-27H,2-4,8,13,15H2,1H3,(H2,25,29). The summed E-state index contributed by atoms with van der Waals surface area (Å²) in [4.78, 5) is 25.3. The molecule has 0 spiro atoms. The quantitative estimate of drug-likeness (QED) is 0.552. The summed E-state index contributed by atoms with van der Waals surface area (Å²) >= 11 is 0. The molecule has 30 heavy (non-hydrogen) atoms. The van der Waals surface area contributed by atoms with E-state index >= 15 is 0 Å². The predicted octanol–water partition coefficient (Wildman–Crippen LogP) is 3.16. The van der Waals surface area contributed by atoms with Gasteiger partial charge >= 0.3 is 0 Å². The van der Waals surface area contributed by atoms with E-state index in [0.29, 0.717) is 23.7 Å². The molecular formula is C23H29FN4O2. The van der Waals surface area contributed by atoms with Gasteiger partial charge < -0.3 is 10.6 Å². The summed E-state index contributed by atoms with van der Waals surface area (Å²) in [7, 11) is 1.79. The first-order valence-corrected chi connectivity index (χ1v) is 10.4. The number of rotatable bonds is 9. The lowest BCUT2D eigenvalue weighted by Gasteiger charge is -2.17. The number of nitrogens with zero attached hydrogens (tertiary/aromatic N) is 1. The van der Waals surface area contributed by atoms with E-state index in [-0.39, 0.29) is 17.8 Å². The van der Waals surface area contributed by atoms with Gasteiger partial charge in [-0.15, -0.1) is 0 Å². The number of hydrazine groups is 1. The van der Waals surface area contributed by atoms with Gasteiger partial charge in [-0.25, -0.2) is 4.39 Å². The Balaban J connectivity index is 1.34. The first-order valence-electron chi connectivity index (χ1n) is 10.4. The number of nitrogens with one attached hydrogen (secondary N) is 2. The van der Waals surface area contributed by atoms with E-state index in [1.54, 1.807) is 48.3 Å². The maximum absolute atomic E-state index is 13.4. The first-order chi connectivity index (χ1) is 14.4. The van der Waals surface area contributed by atoms with Gasteiger partial charge in [-0.3, -0.25) is 20.4 Å². The number of primary amides is 1. The smallest absolute Gasteiger partial charge is 0.253 e. The monoisotopic (exact) mass is 412 g/mol. The number of halogens is 1. The molecule has 1 saturated heterocycles. The molecule has 0 radical (unpaired) electrons. The first kappa shape index (κ1) is 21.9. The Hall–Kier alpha value is -2.77. The Labute approximate surface area is 176 Å². The van der Waals surface area contributed by atoms with Crippen molar-refractivity contribution in [3.63, 3.8) is 0 Å². The van der Waals surface area contributed by atoms with Crippen molar-refractivity contribution in [2.75, 3.05) is 13.6 Å². The Bertz CT molecular complexity index is 872. The fourth-order valence-electron chi connectivity index (χ4n) is 3.77. The van der Waals surface area contributed by atoms with Crippen LogP contribution in [0.2, 0.25) is 0 Å². The SMILES string of the molecule is CN(CCCCCC1CC(c2cccc(F)c2)NN1)C(=O)c1ccc(C(N)=O)cc1. The van der Waals surface area contributed by atoms with Gasteiger partial charge in [0, 0.05) is 36.8 Å². The molecule has 1 aliphatic heterocycles. The molecule has 0 aliphatic carbocycles. The molecule has 4 N–H and O–H groups in total. The Kier molecular flexibility index (Phi) is 7.54. The molecule has 1 fully saturated rings. The van der Waals surface area contributed by atoms with E-state index in [4.69, 9.17) is 5.73 Å². The van der Waals surface area contributed by atoms with Gasteiger partial charge in [0.1, 0.15) is 5.82 Å². The van der Waals surface area contributed by atoms with Crippen molar-refractivity contribution in [3.05, 3.63) is 71.0 Å². The zero-order valence-corrected chi connectivity index (χ0v) is 17.2. The second kappa shape index (κ2) is 10.3. The Morgan fingerprint density at radius 1 is 1.07 bits per heavy atom. The minimum Gasteiger partial charge on any atom is -0.366 e. The lowest BCUT2D eigenvalue weighted by molar-refractivity contribution is 0.0792. The van der Waals surface area contributed by atoms with Gasteiger partial charge in [0.25, 0.3) is 5.91 Å². The normalized spacial score (nSPS) is 18.3. The van der Waals surface area contributed by atoms with Gasteiger partial charge in [0.15, 0.2) is 0 Å². The van der Waals surface area contributed by atoms with E-state index in [0.717, 1.165) is 37.7 Å². The highest BCUT2D eigenvalue weighted by Crippen LogP contribution is 2.25. The van der Waals surface area contributed by atoms with E-state index in [1.165, 1.54) is 6.07 Å². The third kappa shape index (κ3) is 5.87. The maximum Gasteiger partial charge on any atom is 0.253 e. The number of benzene rings is 2. The van der Waals surface area contributed by atoms with Gasteiger partial charge in [-0.1, -0.05) is 25.0 Å². The van der Waals surface area contributed by atoms with Crippen LogP contribution in [-0.2, 0) is 0 Å². The largest absolute Gasteiger partial charge is 0.366 e. The van der Waals surface area contributed by atoms with Crippen molar-refractivity contribution in [3.8, 4) is 0 Å². The van der Waals surface area contributed by atoms with Crippen LogP contribution in [0.1, 0.15) is 64.4 Å². The Morgan fingerprint density at radius 2 is 1.80 bits per heavy atom. The molecule has 3 rings (SSSR count). The lowest BCUT2D eigenvalue weighted by Crippen LogP contribution is -2.31. The molecule has 2 aromatic rings. The topological polar surface area (TPSA) is 87.5 Å². The third-order valence-corrected chi connectivity index (χ3v) is 5.54. The van der Waals surface area contributed by atoms with Crippen molar-refractivity contribution in [2.45, 2.75) is 44.2 Å². The van der Waals surface area contributed by atoms with Gasteiger partial charge in [-0.05, 0) is 61.2 Å². The van der Waals surface area contributed by atoms with E-state index < -0.39 is 5.91 Å². The van der Waals surface area contributed by atoms with Crippen LogP contribution in [0.15, 0.2) is 48.5 Å². The van der Waals surface area contributed by atoms with Gasteiger partial charge in [0.05, 0.1) is 0 Å². The number of nitrogens with two attached hydrogens (primary N) is 1. The average Bonchev–Trinajstić information content (AvgIpc) is 3.22. The van der Waals surface area contributed by atoms with Crippen LogP contribution in [-0.4, -0.2) is 36.3 Å². The summed E-state index contributed by atoms with van der Waals surface area (Å²) in [5.74, 6) is -0.776. The molecule has 6 nitrogen and oxygen atoms in total. The van der Waals surface area contributed by atoms with Crippen LogP contribution in [0.4, 0.5) is 4.39 Å². The number of hydrogen-bond donors (Lipinski definition) is 3. The van der Waals surface area contributed by atoms with Crippen LogP contribution in [0, 0.1) is 5.82 Å².